The van der Waals surface area contributed by atoms with Gasteiger partial charge in [0.2, 0.25) is 0 Å². The van der Waals surface area contributed by atoms with E-state index in [9.17, 15) is 14.4 Å². The van der Waals surface area contributed by atoms with E-state index in [4.69, 9.17) is 14.2 Å². The molecule has 1 atom stereocenters. The van der Waals surface area contributed by atoms with Gasteiger partial charge in [-0.05, 0) is 62.4 Å². The molecule has 0 aromatic heterocycles. The first kappa shape index (κ1) is 27.8. The Morgan fingerprint density at radius 3 is 2.08 bits per heavy atom. The zero-order valence-electron chi connectivity index (χ0n) is 22.1. The van der Waals surface area contributed by atoms with Gasteiger partial charge in [0.25, 0.3) is 0 Å². The molecule has 8 heteroatoms. The summed E-state index contributed by atoms with van der Waals surface area (Å²) in [6.07, 6.45) is 1.80. The average molecular weight is 509 g/mol. The molecule has 0 bridgehead atoms. The zero-order chi connectivity index (χ0) is 26.8. The lowest BCUT2D eigenvalue weighted by molar-refractivity contribution is -0.000610. The Morgan fingerprint density at radius 2 is 1.46 bits per heavy atom. The van der Waals surface area contributed by atoms with Gasteiger partial charge >= 0.3 is 18.2 Å². The van der Waals surface area contributed by atoms with Crippen molar-refractivity contribution in [1.29, 1.82) is 0 Å². The molecular formula is C29H36N2O6. The van der Waals surface area contributed by atoms with Crippen LogP contribution in [0.25, 0.3) is 0 Å². The van der Waals surface area contributed by atoms with Gasteiger partial charge in [-0.3, -0.25) is 0 Å². The molecule has 0 saturated carbocycles. The molecule has 3 rings (SSSR count). The molecule has 1 aliphatic heterocycles. The topological polar surface area (TPSA) is 85.4 Å². The number of allylic oxidation sites excluding steroid dienone is 1. The van der Waals surface area contributed by atoms with Crippen LogP contribution in [-0.4, -0.2) is 47.4 Å². The number of unbranched alkanes of at least 4 members (excludes halogenated alkanes) is 1. The van der Waals surface area contributed by atoms with Gasteiger partial charge in [-0.1, -0.05) is 55.8 Å². The molecular weight excluding hydrogens is 472 g/mol. The summed E-state index contributed by atoms with van der Waals surface area (Å²) in [5.74, 6) is -0.408. The third kappa shape index (κ3) is 6.90. The van der Waals surface area contributed by atoms with E-state index < -0.39 is 18.2 Å². The van der Waals surface area contributed by atoms with Crippen LogP contribution in [0.4, 0.5) is 9.59 Å². The van der Waals surface area contributed by atoms with Gasteiger partial charge < -0.3 is 14.2 Å². The van der Waals surface area contributed by atoms with Crippen molar-refractivity contribution < 1.29 is 28.6 Å². The monoisotopic (exact) mass is 508 g/mol. The zero-order valence-corrected chi connectivity index (χ0v) is 22.1. The largest absolute Gasteiger partial charge is 0.457 e. The molecule has 2 aromatic carbocycles. The molecule has 0 saturated heterocycles. The molecule has 1 aliphatic rings. The summed E-state index contributed by atoms with van der Waals surface area (Å²) in [6, 6.07) is 16.3. The first-order valence-corrected chi connectivity index (χ1v) is 12.9. The summed E-state index contributed by atoms with van der Waals surface area (Å²) in [6.45, 7) is 8.02. The predicted octanol–water partition coefficient (Wildman–Crippen LogP) is 6.26. The first-order valence-electron chi connectivity index (χ1n) is 12.9. The summed E-state index contributed by atoms with van der Waals surface area (Å²) in [5.41, 5.74) is 3.94. The van der Waals surface area contributed by atoms with Crippen LogP contribution in [0.5, 0.6) is 0 Å². The smallest absolute Gasteiger partial charge is 0.433 e. The Hall–Kier alpha value is -3.81. The molecule has 0 radical (unpaired) electrons. The lowest BCUT2D eigenvalue weighted by Gasteiger charge is -2.31. The standard InChI is InChI=1S/C29H36N2O6/c1-5-8-14-25-21(4)30(28(33)35-6-2)31(29(34)36-7-3)26(25)19-22-15-17-24(18-16-22)27(32)37-20-23-12-10-9-11-13-23/h9-13,15-18,21H,5-8,14,19-20H2,1-4H3/t21-/m0/s1. The number of hydrogen-bond donors (Lipinski definition) is 0. The highest BCUT2D eigenvalue weighted by Crippen LogP contribution is 2.35. The van der Waals surface area contributed by atoms with Gasteiger partial charge in [-0.2, -0.15) is 5.01 Å². The molecule has 8 nitrogen and oxygen atoms in total. The lowest BCUT2D eigenvalue weighted by atomic mass is 9.97. The molecule has 0 N–H and O–H groups in total. The van der Waals surface area contributed by atoms with Crippen molar-refractivity contribution in [3.8, 4) is 0 Å². The van der Waals surface area contributed by atoms with Crippen molar-refractivity contribution >= 4 is 18.2 Å². The number of nitrogens with zero attached hydrogens (tertiary/aromatic N) is 2. The van der Waals surface area contributed by atoms with Crippen molar-refractivity contribution in [2.45, 2.75) is 66.0 Å². The maximum absolute atomic E-state index is 13.0. The Bertz CT molecular complexity index is 1100. The fourth-order valence-corrected chi connectivity index (χ4v) is 4.31. The number of carbonyl (C=O) groups is 3. The maximum Gasteiger partial charge on any atom is 0.433 e. The van der Waals surface area contributed by atoms with E-state index in [0.29, 0.717) is 17.7 Å². The van der Waals surface area contributed by atoms with E-state index in [-0.39, 0.29) is 25.9 Å². The second-order valence-corrected chi connectivity index (χ2v) is 8.74. The SMILES string of the molecule is CCCCC1=C(Cc2ccc(C(=O)OCc3ccccc3)cc2)N(C(=O)OCC)N(C(=O)OCC)[C@H]1C. The van der Waals surface area contributed by atoms with Crippen molar-refractivity contribution in [1.82, 2.24) is 10.0 Å². The highest BCUT2D eigenvalue weighted by atomic mass is 16.6. The number of carbonyl (C=O) groups excluding carboxylic acids is 3. The number of rotatable bonds is 10. The van der Waals surface area contributed by atoms with Crippen LogP contribution in [-0.2, 0) is 27.2 Å². The molecule has 0 spiro atoms. The first-order chi connectivity index (χ1) is 17.9. The Morgan fingerprint density at radius 1 is 0.811 bits per heavy atom. The average Bonchev–Trinajstić information content (AvgIpc) is 3.18. The number of benzene rings is 2. The number of hydrogen-bond acceptors (Lipinski definition) is 6. The van der Waals surface area contributed by atoms with Gasteiger partial charge in [0.1, 0.15) is 6.61 Å². The summed E-state index contributed by atoms with van der Waals surface area (Å²) >= 11 is 0. The molecule has 0 unspecified atom stereocenters. The third-order valence-electron chi connectivity index (χ3n) is 6.18. The second kappa shape index (κ2) is 13.5. The van der Waals surface area contributed by atoms with Crippen molar-refractivity contribution in [3.63, 3.8) is 0 Å². The molecule has 37 heavy (non-hydrogen) atoms. The van der Waals surface area contributed by atoms with Crippen LogP contribution >= 0.6 is 0 Å². The van der Waals surface area contributed by atoms with Gasteiger partial charge in [-0.25, -0.2) is 19.4 Å². The minimum atomic E-state index is -0.620. The third-order valence-corrected chi connectivity index (χ3v) is 6.18. The number of hydrazine groups is 1. The van der Waals surface area contributed by atoms with E-state index >= 15 is 0 Å². The van der Waals surface area contributed by atoms with Crippen molar-refractivity contribution in [2.75, 3.05) is 13.2 Å². The molecule has 198 valence electrons. The number of amides is 2. The number of esters is 1. The van der Waals surface area contributed by atoms with E-state index in [0.717, 1.165) is 36.0 Å². The summed E-state index contributed by atoms with van der Waals surface area (Å²) in [5, 5.41) is 2.66. The minimum Gasteiger partial charge on any atom is -0.457 e. The molecule has 2 aromatic rings. The van der Waals surface area contributed by atoms with E-state index in [1.165, 1.54) is 10.0 Å². The molecule has 1 heterocycles. The Kier molecular flexibility index (Phi) is 10.1. The van der Waals surface area contributed by atoms with Crippen LogP contribution in [0.15, 0.2) is 65.9 Å². The fourth-order valence-electron chi connectivity index (χ4n) is 4.31. The Labute approximate surface area is 218 Å². The minimum absolute atomic E-state index is 0.178. The highest BCUT2D eigenvalue weighted by molar-refractivity contribution is 5.89. The predicted molar refractivity (Wildman–Crippen MR) is 139 cm³/mol. The fraction of sp³-hybridized carbons (Fsp3) is 0.414. The van der Waals surface area contributed by atoms with Gasteiger partial charge in [0.05, 0.1) is 30.5 Å². The van der Waals surface area contributed by atoms with Crippen molar-refractivity contribution in [2.24, 2.45) is 0 Å². The highest BCUT2D eigenvalue weighted by Gasteiger charge is 2.43. The van der Waals surface area contributed by atoms with Crippen LogP contribution in [0, 0.1) is 0 Å². The van der Waals surface area contributed by atoms with Gasteiger partial charge in [-0.15, -0.1) is 0 Å². The normalized spacial score (nSPS) is 15.1. The summed E-state index contributed by atoms with van der Waals surface area (Å²) in [4.78, 5) is 38.4. The van der Waals surface area contributed by atoms with Crippen LogP contribution < -0.4 is 0 Å². The van der Waals surface area contributed by atoms with Crippen LogP contribution in [0.3, 0.4) is 0 Å². The lowest BCUT2D eigenvalue weighted by Crippen LogP contribution is -2.49. The van der Waals surface area contributed by atoms with Crippen LogP contribution in [0.2, 0.25) is 0 Å². The van der Waals surface area contributed by atoms with Gasteiger partial charge in [0.15, 0.2) is 0 Å². The quantitative estimate of drug-likeness (QED) is 0.278. The van der Waals surface area contributed by atoms with E-state index in [1.807, 2.05) is 49.4 Å². The number of ether oxygens (including phenoxy) is 3. The summed E-state index contributed by atoms with van der Waals surface area (Å²) in [7, 11) is 0. The van der Waals surface area contributed by atoms with Crippen LogP contribution in [0.1, 0.15) is 68.4 Å². The van der Waals surface area contributed by atoms with E-state index in [2.05, 4.69) is 6.92 Å². The second-order valence-electron chi connectivity index (χ2n) is 8.74. The van der Waals surface area contributed by atoms with Crippen molar-refractivity contribution in [3.05, 3.63) is 82.6 Å². The van der Waals surface area contributed by atoms with Gasteiger partial charge in [0, 0.05) is 6.42 Å². The Balaban J connectivity index is 1.83. The summed E-state index contributed by atoms with van der Waals surface area (Å²) < 4.78 is 16.0. The molecule has 0 fully saturated rings. The molecule has 2 amide bonds. The van der Waals surface area contributed by atoms with E-state index in [1.54, 1.807) is 26.0 Å². The molecule has 0 aliphatic carbocycles. The maximum atomic E-state index is 13.0.